The first-order valence-electron chi connectivity index (χ1n) is 25.3. The van der Waals surface area contributed by atoms with Crippen molar-refractivity contribution in [1.29, 1.82) is 0 Å². The summed E-state index contributed by atoms with van der Waals surface area (Å²) in [6.07, 6.45) is 7.23. The average Bonchev–Trinajstić information content (AvgIpc) is 3.77. The quantitative estimate of drug-likeness (QED) is 0.0350. The number of para-hydroxylation sites is 1. The lowest BCUT2D eigenvalue weighted by atomic mass is 10.0. The molecule has 22 heteroatoms. The molecule has 0 fully saturated rings. The number of aromatic hydroxyl groups is 1. The molecule has 0 saturated carbocycles. The standard InChI is InChI=1S/C51H79N11O11/c1-32(2)13-4-3-5-19-44(65)58-43(31-63)50(71)61-41(27-33-20-22-35(64)23-21-33)48(69)62-42(28-34-29-55-37-15-7-6-14-36(34)37)49(70)60-39(17-9-11-25-53)47(68)59-38(16-8-10-24-52)46(67)56-30-45(66)57-40(51(72)73)18-12-26-54/h6-7,14-15,20-23,29,32,38-43,55,63-64H,3-5,8-13,16-19,24-28,30-31,52-54H2,1-2H3,(H,56,67)(H,57,66)(H,58,65)(H,59,68)(H,60,70)(H,61,71)(H,62,69)(H,72,73)/t38-,39+,40+,41+,42+,43+/m0/s1. The number of carbonyl (C=O) groups is 8. The van der Waals surface area contributed by atoms with Gasteiger partial charge in [-0.15, -0.1) is 0 Å². The van der Waals surface area contributed by atoms with Gasteiger partial charge in [-0.2, -0.15) is 0 Å². The van der Waals surface area contributed by atoms with Crippen LogP contribution in [-0.2, 0) is 51.2 Å². The van der Waals surface area contributed by atoms with E-state index in [1.165, 1.54) is 12.1 Å². The van der Waals surface area contributed by atoms with Gasteiger partial charge in [-0.3, -0.25) is 33.6 Å². The second kappa shape index (κ2) is 33.2. The van der Waals surface area contributed by atoms with Gasteiger partial charge in [0.1, 0.15) is 42.0 Å². The predicted molar refractivity (Wildman–Crippen MR) is 275 cm³/mol. The molecule has 0 unspecified atom stereocenters. The normalized spacial score (nSPS) is 13.7. The fourth-order valence-electron chi connectivity index (χ4n) is 8.01. The molecule has 1 heterocycles. The molecule has 0 bridgehead atoms. The largest absolute Gasteiger partial charge is 0.508 e. The monoisotopic (exact) mass is 1020 g/mol. The van der Waals surface area contributed by atoms with Crippen LogP contribution in [0.4, 0.5) is 0 Å². The summed E-state index contributed by atoms with van der Waals surface area (Å²) < 4.78 is 0. The zero-order valence-corrected chi connectivity index (χ0v) is 42.2. The Hall–Kier alpha value is -6.62. The molecule has 7 amide bonds. The number of rotatable bonds is 36. The number of benzene rings is 2. The maximum Gasteiger partial charge on any atom is 0.326 e. The van der Waals surface area contributed by atoms with Gasteiger partial charge in [-0.05, 0) is 113 Å². The first-order valence-corrected chi connectivity index (χ1v) is 25.3. The van der Waals surface area contributed by atoms with E-state index in [1.54, 1.807) is 24.4 Å². The summed E-state index contributed by atoms with van der Waals surface area (Å²) in [7, 11) is 0. The molecule has 0 aliphatic rings. The number of aliphatic hydroxyl groups excluding tert-OH is 1. The maximum absolute atomic E-state index is 14.7. The molecule has 0 aliphatic carbocycles. The van der Waals surface area contributed by atoms with Crippen molar-refractivity contribution < 1.29 is 53.7 Å². The summed E-state index contributed by atoms with van der Waals surface area (Å²) >= 11 is 0. The van der Waals surface area contributed by atoms with Crippen molar-refractivity contribution in [2.45, 2.75) is 146 Å². The molecule has 2 aromatic carbocycles. The lowest BCUT2D eigenvalue weighted by molar-refractivity contribution is -0.142. The second-order valence-electron chi connectivity index (χ2n) is 18.7. The van der Waals surface area contributed by atoms with Crippen LogP contribution in [0.2, 0.25) is 0 Å². The summed E-state index contributed by atoms with van der Waals surface area (Å²) in [4.78, 5) is 111. The number of carboxylic acids is 1. The van der Waals surface area contributed by atoms with E-state index in [9.17, 15) is 53.7 Å². The number of carbonyl (C=O) groups excluding carboxylic acids is 7. The molecule has 1 aromatic heterocycles. The zero-order chi connectivity index (χ0) is 53.7. The number of hydrogen-bond donors (Lipinski definition) is 14. The number of unbranched alkanes of at least 4 members (excludes halogenated alkanes) is 4. The third-order valence-corrected chi connectivity index (χ3v) is 12.2. The van der Waals surface area contributed by atoms with Crippen molar-refractivity contribution in [1.82, 2.24) is 42.2 Å². The van der Waals surface area contributed by atoms with E-state index < -0.39 is 96.7 Å². The van der Waals surface area contributed by atoms with Gasteiger partial charge in [0.05, 0.1) is 13.2 Å². The minimum Gasteiger partial charge on any atom is -0.508 e. The lowest BCUT2D eigenvalue weighted by Crippen LogP contribution is -2.60. The third-order valence-electron chi connectivity index (χ3n) is 12.2. The van der Waals surface area contributed by atoms with E-state index >= 15 is 0 Å². The van der Waals surface area contributed by atoms with Crippen LogP contribution in [-0.4, -0.2) is 137 Å². The summed E-state index contributed by atoms with van der Waals surface area (Å²) in [5.74, 6) is -5.98. The Morgan fingerprint density at radius 1 is 0.548 bits per heavy atom. The highest BCUT2D eigenvalue weighted by Crippen LogP contribution is 2.20. The summed E-state index contributed by atoms with van der Waals surface area (Å²) in [5, 5.41) is 48.7. The number of phenolic OH excluding ortho intramolecular Hbond substituents is 1. The van der Waals surface area contributed by atoms with Gasteiger partial charge >= 0.3 is 5.97 Å². The third kappa shape index (κ3) is 22.4. The number of aliphatic carboxylic acids is 1. The fourth-order valence-corrected chi connectivity index (χ4v) is 8.01. The Labute approximate surface area is 426 Å². The van der Waals surface area contributed by atoms with Crippen molar-refractivity contribution in [3.8, 4) is 5.75 Å². The molecule has 22 nitrogen and oxygen atoms in total. The smallest absolute Gasteiger partial charge is 0.326 e. The number of carboxylic acid groups (broad SMARTS) is 1. The number of aromatic nitrogens is 1. The molecule has 0 aliphatic heterocycles. The molecular formula is C51H79N11O11. The summed E-state index contributed by atoms with van der Waals surface area (Å²) in [6, 6.07) is 5.29. The number of hydrogen-bond acceptors (Lipinski definition) is 13. The molecule has 3 aromatic rings. The van der Waals surface area contributed by atoms with Gasteiger partial charge < -0.3 is 74.7 Å². The van der Waals surface area contributed by atoms with E-state index in [1.807, 2.05) is 18.2 Å². The SMILES string of the molecule is CC(C)CCCCCC(=O)N[C@H](CO)C(=O)N[C@H](Cc1ccc(O)cc1)C(=O)N[C@H](Cc1c[nH]c2ccccc12)C(=O)N[C@H](CCCCN)C(=O)N[C@@H](CCCCN)C(=O)NCC(=O)N[C@H](CCCN)C(=O)O. The van der Waals surface area contributed by atoms with Gasteiger partial charge in [-0.25, -0.2) is 4.79 Å². The van der Waals surface area contributed by atoms with Crippen LogP contribution in [0.5, 0.6) is 5.75 Å². The molecule has 0 spiro atoms. The van der Waals surface area contributed by atoms with E-state index in [0.29, 0.717) is 62.1 Å². The molecule has 404 valence electrons. The van der Waals surface area contributed by atoms with Crippen LogP contribution in [0.25, 0.3) is 10.9 Å². The molecule has 0 radical (unpaired) electrons. The first-order chi connectivity index (χ1) is 35.0. The van der Waals surface area contributed by atoms with Crippen LogP contribution >= 0.6 is 0 Å². The Morgan fingerprint density at radius 3 is 1.66 bits per heavy atom. The summed E-state index contributed by atoms with van der Waals surface area (Å²) in [6.45, 7) is 3.65. The molecule has 3 rings (SSSR count). The number of nitrogens with one attached hydrogen (secondary N) is 8. The minimum absolute atomic E-state index is 0.0446. The zero-order valence-electron chi connectivity index (χ0n) is 42.2. The van der Waals surface area contributed by atoms with Gasteiger partial charge in [-0.1, -0.05) is 63.4 Å². The fraction of sp³-hybridized carbons (Fsp3) is 0.569. The highest BCUT2D eigenvalue weighted by Gasteiger charge is 2.33. The van der Waals surface area contributed by atoms with Crippen LogP contribution in [0.1, 0.15) is 108 Å². The second-order valence-corrected chi connectivity index (χ2v) is 18.7. The van der Waals surface area contributed by atoms with Crippen molar-refractivity contribution in [2.24, 2.45) is 23.1 Å². The Kier molecular flexibility index (Phi) is 27.6. The Morgan fingerprint density at radius 2 is 1.07 bits per heavy atom. The number of aliphatic hydroxyl groups is 1. The Bertz CT molecular complexity index is 2220. The predicted octanol–water partition coefficient (Wildman–Crippen LogP) is 0.364. The summed E-state index contributed by atoms with van der Waals surface area (Å²) in [5.41, 5.74) is 18.9. The van der Waals surface area contributed by atoms with Crippen LogP contribution in [0, 0.1) is 5.92 Å². The van der Waals surface area contributed by atoms with Crippen molar-refractivity contribution in [3.63, 3.8) is 0 Å². The molecule has 0 saturated heterocycles. The maximum atomic E-state index is 14.7. The van der Waals surface area contributed by atoms with Crippen molar-refractivity contribution in [3.05, 3.63) is 65.9 Å². The van der Waals surface area contributed by atoms with Crippen molar-refractivity contribution in [2.75, 3.05) is 32.8 Å². The van der Waals surface area contributed by atoms with Gasteiger partial charge in [0.25, 0.3) is 0 Å². The van der Waals surface area contributed by atoms with Gasteiger partial charge in [0.2, 0.25) is 41.4 Å². The van der Waals surface area contributed by atoms with E-state index in [0.717, 1.165) is 30.2 Å². The lowest BCUT2D eigenvalue weighted by Gasteiger charge is -2.27. The molecular weight excluding hydrogens is 943 g/mol. The number of phenols is 1. The Balaban J connectivity index is 1.92. The number of fused-ring (bicyclic) bond motifs is 1. The number of amides is 7. The topological polar surface area (TPSA) is 375 Å². The number of nitrogens with two attached hydrogens (primary N) is 3. The van der Waals surface area contributed by atoms with E-state index in [-0.39, 0.29) is 57.4 Å². The van der Waals surface area contributed by atoms with Crippen LogP contribution < -0.4 is 54.4 Å². The van der Waals surface area contributed by atoms with Crippen molar-refractivity contribution >= 4 is 58.2 Å². The van der Waals surface area contributed by atoms with Gasteiger partial charge in [0.15, 0.2) is 0 Å². The van der Waals surface area contributed by atoms with Crippen LogP contribution in [0.3, 0.4) is 0 Å². The molecule has 73 heavy (non-hydrogen) atoms. The first kappa shape index (κ1) is 60.7. The molecule has 17 N–H and O–H groups in total. The van der Waals surface area contributed by atoms with E-state index in [2.05, 4.69) is 56.0 Å². The highest BCUT2D eigenvalue weighted by molar-refractivity contribution is 5.97. The van der Waals surface area contributed by atoms with Gasteiger partial charge in [0, 0.05) is 36.4 Å². The highest BCUT2D eigenvalue weighted by atomic mass is 16.4. The average molecular weight is 1020 g/mol. The minimum atomic E-state index is -1.41. The number of H-pyrrole nitrogens is 1. The van der Waals surface area contributed by atoms with Crippen LogP contribution in [0.15, 0.2) is 54.7 Å². The number of aromatic amines is 1. The van der Waals surface area contributed by atoms with E-state index in [4.69, 9.17) is 17.2 Å². The molecule has 6 atom stereocenters.